The quantitative estimate of drug-likeness (QED) is 0.288. The van der Waals surface area contributed by atoms with E-state index in [0.717, 1.165) is 72.5 Å². The second kappa shape index (κ2) is 15.1. The first-order valence-corrected chi connectivity index (χ1v) is 14.5. The Bertz CT molecular complexity index is 1410. The van der Waals surface area contributed by atoms with Gasteiger partial charge in [0.05, 0.1) is 6.61 Å². The van der Waals surface area contributed by atoms with Crippen molar-refractivity contribution in [3.8, 4) is 22.6 Å². The number of allylic oxidation sites excluding steroid dienone is 2. The summed E-state index contributed by atoms with van der Waals surface area (Å²) in [7, 11) is 0. The fourth-order valence-corrected chi connectivity index (χ4v) is 5.12. The van der Waals surface area contributed by atoms with E-state index in [1.165, 1.54) is 5.56 Å². The fourth-order valence-electron chi connectivity index (χ4n) is 5.12. The maximum absolute atomic E-state index is 13.1. The predicted molar refractivity (Wildman–Crippen MR) is 165 cm³/mol. The number of amides is 1. The Morgan fingerprint density at radius 1 is 1.15 bits per heavy atom. The number of phenolic OH excluding ortho intramolecular Hbond substituents is 1. The van der Waals surface area contributed by atoms with Crippen LogP contribution in [0.2, 0.25) is 0 Å². The molecule has 1 heterocycles. The number of ether oxygens (including phenoxy) is 1. The van der Waals surface area contributed by atoms with Gasteiger partial charge in [-0.25, -0.2) is 0 Å². The van der Waals surface area contributed by atoms with Crippen molar-refractivity contribution in [3.05, 3.63) is 94.4 Å². The molecule has 1 atom stereocenters. The Hall–Kier alpha value is -3.83. The summed E-state index contributed by atoms with van der Waals surface area (Å²) in [6.07, 6.45) is 12.9. The van der Waals surface area contributed by atoms with Gasteiger partial charge in [0.1, 0.15) is 11.5 Å². The lowest BCUT2D eigenvalue weighted by molar-refractivity contribution is 0.0953. The van der Waals surface area contributed by atoms with Crippen LogP contribution in [-0.4, -0.2) is 37.3 Å². The highest BCUT2D eigenvalue weighted by Crippen LogP contribution is 2.32. The van der Waals surface area contributed by atoms with Gasteiger partial charge in [0.2, 0.25) is 0 Å². The maximum Gasteiger partial charge on any atom is 0.251 e. The summed E-state index contributed by atoms with van der Waals surface area (Å²) in [6.45, 7) is 7.24. The molecule has 4 rings (SSSR count). The molecule has 1 fully saturated rings. The maximum atomic E-state index is 13.1. The summed E-state index contributed by atoms with van der Waals surface area (Å²) in [5, 5.41) is 19.3. The summed E-state index contributed by atoms with van der Waals surface area (Å²) < 4.78 is 6.37. The van der Waals surface area contributed by atoms with Gasteiger partial charge in [0.25, 0.3) is 5.91 Å². The van der Waals surface area contributed by atoms with Gasteiger partial charge >= 0.3 is 0 Å². The van der Waals surface area contributed by atoms with Gasteiger partial charge in [-0.15, -0.1) is 0 Å². The number of nitrogens with one attached hydrogen (secondary N) is 2. The Labute approximate surface area is 238 Å². The lowest BCUT2D eigenvalue weighted by Gasteiger charge is -2.23. The first-order valence-electron chi connectivity index (χ1n) is 14.5. The third kappa shape index (κ3) is 8.09. The molecule has 1 amide bonds. The van der Waals surface area contributed by atoms with Gasteiger partial charge in [-0.2, -0.15) is 0 Å². The van der Waals surface area contributed by atoms with Gasteiger partial charge in [-0.05, 0) is 92.2 Å². The van der Waals surface area contributed by atoms with Crippen LogP contribution in [0.3, 0.4) is 0 Å². The molecule has 0 radical (unpaired) electrons. The number of rotatable bonds is 11. The van der Waals surface area contributed by atoms with Crippen molar-refractivity contribution in [3.63, 3.8) is 0 Å². The van der Waals surface area contributed by atoms with Crippen molar-refractivity contribution in [1.82, 2.24) is 10.6 Å². The summed E-state index contributed by atoms with van der Waals surface area (Å²) >= 11 is 0. The van der Waals surface area contributed by atoms with Gasteiger partial charge in [-0.1, -0.05) is 61.6 Å². The number of aromatic hydroxyl groups is 1. The van der Waals surface area contributed by atoms with Crippen LogP contribution in [0.5, 0.6) is 11.5 Å². The van der Waals surface area contributed by atoms with E-state index in [2.05, 4.69) is 35.8 Å². The molecule has 1 aliphatic heterocycles. The monoisotopic (exact) mass is 538 g/mol. The summed E-state index contributed by atoms with van der Waals surface area (Å²) in [6, 6.07) is 19.8. The molecule has 0 aromatic heterocycles. The minimum atomic E-state index is -0.113. The molecule has 40 heavy (non-hydrogen) atoms. The van der Waals surface area contributed by atoms with E-state index in [1.807, 2.05) is 67.6 Å². The summed E-state index contributed by atoms with van der Waals surface area (Å²) in [5.41, 5.74) is 3.46. The molecule has 1 aliphatic rings. The second-order valence-corrected chi connectivity index (χ2v) is 10.4. The molecule has 0 spiro atoms. The van der Waals surface area contributed by atoms with E-state index in [9.17, 15) is 9.90 Å². The number of carbonyl (C=O) groups excluding carboxylic acids is 1. The first kappa shape index (κ1) is 29.2. The standard InChI is InChI=1S/C35H42N2O3/c1-3-5-16-28-21-30(23-33(38)31(28)11-4-2)32-22-29(17-18-34(32)40-25-27-15-9-19-36-24-27)35(39)37-20-10-14-26-12-7-6-8-13-26/h3,5-8,11-13,16-18,21-23,27,36,38H,4,9-10,14-15,19-20,24-25H2,1-2H3,(H,37,39)/b5-3-,28-16-,31-11-. The van der Waals surface area contributed by atoms with E-state index in [4.69, 9.17) is 4.74 Å². The van der Waals surface area contributed by atoms with E-state index in [0.29, 0.717) is 24.6 Å². The van der Waals surface area contributed by atoms with Crippen molar-refractivity contribution in [2.24, 2.45) is 5.92 Å². The molecule has 1 saturated heterocycles. The molecule has 210 valence electrons. The Morgan fingerprint density at radius 2 is 2.00 bits per heavy atom. The zero-order valence-electron chi connectivity index (χ0n) is 23.8. The van der Waals surface area contributed by atoms with Gasteiger partial charge in [0.15, 0.2) is 0 Å². The van der Waals surface area contributed by atoms with Crippen molar-refractivity contribution >= 4 is 18.1 Å². The number of aryl methyl sites for hydroxylation is 1. The van der Waals surface area contributed by atoms with Gasteiger partial charge in [-0.3, -0.25) is 4.79 Å². The van der Waals surface area contributed by atoms with Crippen LogP contribution in [-0.2, 0) is 6.42 Å². The minimum Gasteiger partial charge on any atom is -0.507 e. The highest BCUT2D eigenvalue weighted by atomic mass is 16.5. The molecule has 1 unspecified atom stereocenters. The second-order valence-electron chi connectivity index (χ2n) is 10.4. The van der Waals surface area contributed by atoms with Crippen LogP contribution in [0.25, 0.3) is 23.3 Å². The van der Waals surface area contributed by atoms with Crippen LogP contribution in [0, 0.1) is 5.92 Å². The molecule has 0 bridgehead atoms. The zero-order chi connectivity index (χ0) is 28.2. The molecule has 3 N–H and O–H groups in total. The molecular formula is C35H42N2O3. The SMILES string of the molecule is C\C=C/C=c1/cc(-c2cc(C(=O)NCCCc3ccccc3)ccc2OCC2CCCNC2)cc(O)/c1=C\CC. The number of piperidine rings is 1. The fraction of sp³-hybridized carbons (Fsp3) is 0.343. The number of benzene rings is 3. The van der Waals surface area contributed by atoms with Crippen molar-refractivity contribution < 1.29 is 14.6 Å². The van der Waals surface area contributed by atoms with Gasteiger partial charge < -0.3 is 20.5 Å². The van der Waals surface area contributed by atoms with Gasteiger partial charge in [0, 0.05) is 35.4 Å². The predicted octanol–water partition coefficient (Wildman–Crippen LogP) is 5.35. The molecular weight excluding hydrogens is 496 g/mol. The normalized spacial score (nSPS) is 16.4. The Morgan fingerprint density at radius 3 is 2.75 bits per heavy atom. The Balaban J connectivity index is 1.62. The van der Waals surface area contributed by atoms with E-state index in [-0.39, 0.29) is 11.7 Å². The number of phenols is 1. The first-order chi connectivity index (χ1) is 19.6. The van der Waals surface area contributed by atoms with Crippen LogP contribution in [0.15, 0.2) is 72.8 Å². The highest BCUT2D eigenvalue weighted by Gasteiger charge is 2.17. The smallest absolute Gasteiger partial charge is 0.251 e. The summed E-state index contributed by atoms with van der Waals surface area (Å²) in [4.78, 5) is 13.1. The van der Waals surface area contributed by atoms with Crippen molar-refractivity contribution in [1.29, 1.82) is 0 Å². The largest absolute Gasteiger partial charge is 0.507 e. The van der Waals surface area contributed by atoms with E-state index < -0.39 is 0 Å². The average Bonchev–Trinajstić information content (AvgIpc) is 2.99. The van der Waals surface area contributed by atoms with Crippen molar-refractivity contribution in [2.75, 3.05) is 26.2 Å². The molecule has 3 aromatic carbocycles. The Kier molecular flexibility index (Phi) is 11.0. The van der Waals surface area contributed by atoms with E-state index >= 15 is 0 Å². The molecule has 5 nitrogen and oxygen atoms in total. The molecule has 3 aromatic rings. The van der Waals surface area contributed by atoms with Crippen LogP contribution in [0.1, 0.15) is 55.5 Å². The minimum absolute atomic E-state index is 0.113. The molecule has 5 heteroatoms. The highest BCUT2D eigenvalue weighted by molar-refractivity contribution is 5.96. The van der Waals surface area contributed by atoms with Crippen LogP contribution < -0.4 is 25.8 Å². The lowest BCUT2D eigenvalue weighted by atomic mass is 9.98. The van der Waals surface area contributed by atoms with Crippen LogP contribution >= 0.6 is 0 Å². The molecule has 0 saturated carbocycles. The van der Waals surface area contributed by atoms with Crippen LogP contribution in [0.4, 0.5) is 0 Å². The topological polar surface area (TPSA) is 70.6 Å². The van der Waals surface area contributed by atoms with Crippen molar-refractivity contribution in [2.45, 2.75) is 46.0 Å². The number of hydrogen-bond acceptors (Lipinski definition) is 4. The zero-order valence-corrected chi connectivity index (χ0v) is 23.8. The number of carbonyl (C=O) groups is 1. The number of hydrogen-bond donors (Lipinski definition) is 3. The third-order valence-corrected chi connectivity index (χ3v) is 7.26. The third-order valence-electron chi connectivity index (χ3n) is 7.26. The average molecular weight is 539 g/mol. The molecule has 0 aliphatic carbocycles. The van der Waals surface area contributed by atoms with E-state index in [1.54, 1.807) is 6.07 Å². The lowest BCUT2D eigenvalue weighted by Crippen LogP contribution is -2.33. The summed E-state index contributed by atoms with van der Waals surface area (Å²) in [5.74, 6) is 1.27.